The van der Waals surface area contributed by atoms with Crippen LogP contribution in [0, 0.1) is 11.8 Å². The molecule has 5 N–H and O–H groups in total. The fraction of sp³-hybridized carbons (Fsp3) is 0.391. The van der Waals surface area contributed by atoms with Crippen molar-refractivity contribution in [1.82, 2.24) is 34.7 Å². The van der Waals surface area contributed by atoms with Crippen molar-refractivity contribution >= 4 is 28.8 Å². The van der Waals surface area contributed by atoms with Crippen LogP contribution in [0.15, 0.2) is 30.9 Å². The predicted molar refractivity (Wildman–Crippen MR) is 127 cm³/mol. The molecule has 4 heterocycles. The standard InChI is InChI=1S/C23H26N8O5/c1-12(2)30(22(35)13-6-4-8-26-10-13)9-5-7-14-28-19(24)15-20(29-14)31(11-27-15)23-17(33)16(32)18(36-23)21(34)25-3/h4,6,8,10-12,16-18,23,32-33H,9H2,1-3H3,(H,25,34)(H2,24,28,29)/t16-,17?,18-,23+/m0/s1. The summed E-state index contributed by atoms with van der Waals surface area (Å²) in [5.41, 5.74) is 6.94. The quantitative estimate of drug-likeness (QED) is 0.323. The molecule has 0 saturated carbocycles. The smallest absolute Gasteiger partial charge is 0.256 e. The summed E-state index contributed by atoms with van der Waals surface area (Å²) in [5.74, 6) is 5.04. The lowest BCUT2D eigenvalue weighted by Gasteiger charge is -2.24. The average Bonchev–Trinajstić information content (AvgIpc) is 3.42. The summed E-state index contributed by atoms with van der Waals surface area (Å²) < 4.78 is 6.97. The number of nitrogen functional groups attached to an aromatic ring is 1. The van der Waals surface area contributed by atoms with Crippen LogP contribution in [0.25, 0.3) is 11.2 Å². The third kappa shape index (κ3) is 4.69. The van der Waals surface area contributed by atoms with Crippen LogP contribution in [0.3, 0.4) is 0 Å². The van der Waals surface area contributed by atoms with Gasteiger partial charge in [-0.2, -0.15) is 0 Å². The number of amides is 2. The summed E-state index contributed by atoms with van der Waals surface area (Å²) in [6.45, 7) is 3.86. The molecule has 3 aromatic heterocycles. The summed E-state index contributed by atoms with van der Waals surface area (Å²) in [4.78, 5) is 43.1. The molecule has 0 aromatic carbocycles. The molecule has 36 heavy (non-hydrogen) atoms. The van der Waals surface area contributed by atoms with Crippen molar-refractivity contribution in [1.29, 1.82) is 0 Å². The van der Waals surface area contributed by atoms with Crippen LogP contribution >= 0.6 is 0 Å². The van der Waals surface area contributed by atoms with Crippen molar-refractivity contribution in [3.63, 3.8) is 0 Å². The number of ether oxygens (including phenoxy) is 1. The summed E-state index contributed by atoms with van der Waals surface area (Å²) in [6.07, 6.45) is -0.879. The van der Waals surface area contributed by atoms with E-state index >= 15 is 0 Å². The Kier molecular flexibility index (Phi) is 7.11. The number of anilines is 1. The normalized spacial score (nSPS) is 21.3. The van der Waals surface area contributed by atoms with Gasteiger partial charge in [0.05, 0.1) is 18.4 Å². The van der Waals surface area contributed by atoms with Gasteiger partial charge in [0.15, 0.2) is 23.8 Å². The molecule has 3 aromatic rings. The van der Waals surface area contributed by atoms with Gasteiger partial charge < -0.3 is 30.9 Å². The highest BCUT2D eigenvalue weighted by Crippen LogP contribution is 2.32. The maximum Gasteiger partial charge on any atom is 0.256 e. The zero-order valence-corrected chi connectivity index (χ0v) is 19.9. The molecule has 1 unspecified atom stereocenters. The van der Waals surface area contributed by atoms with Gasteiger partial charge in [0.25, 0.3) is 11.8 Å². The number of nitrogens with one attached hydrogen (secondary N) is 1. The summed E-state index contributed by atoms with van der Waals surface area (Å²) in [6, 6.07) is 3.25. The summed E-state index contributed by atoms with van der Waals surface area (Å²) in [5, 5.41) is 23.1. The van der Waals surface area contributed by atoms with Crippen molar-refractivity contribution < 1.29 is 24.5 Å². The van der Waals surface area contributed by atoms with Crippen molar-refractivity contribution in [3.05, 3.63) is 42.2 Å². The molecule has 0 bridgehead atoms. The van der Waals surface area contributed by atoms with Crippen molar-refractivity contribution in [3.8, 4) is 11.8 Å². The molecule has 4 atom stereocenters. The molecule has 4 rings (SSSR count). The number of hydrogen-bond acceptors (Lipinski definition) is 10. The Morgan fingerprint density at radius 3 is 2.75 bits per heavy atom. The van der Waals surface area contributed by atoms with E-state index in [0.29, 0.717) is 5.56 Å². The Hall–Kier alpha value is -4.12. The van der Waals surface area contributed by atoms with E-state index in [1.807, 2.05) is 13.8 Å². The second-order valence-corrected chi connectivity index (χ2v) is 8.37. The number of aliphatic hydroxyl groups is 2. The van der Waals surface area contributed by atoms with Gasteiger partial charge in [-0.1, -0.05) is 5.92 Å². The number of nitrogens with two attached hydrogens (primary N) is 1. The maximum absolute atomic E-state index is 12.8. The Morgan fingerprint density at radius 2 is 2.08 bits per heavy atom. The van der Waals surface area contributed by atoms with Crippen LogP contribution in [0.4, 0.5) is 5.82 Å². The number of aliphatic hydroxyl groups excluding tert-OH is 2. The Balaban J connectivity index is 1.60. The highest BCUT2D eigenvalue weighted by molar-refractivity contribution is 5.94. The molecule has 1 saturated heterocycles. The van der Waals surface area contributed by atoms with Gasteiger partial charge in [-0.15, -0.1) is 0 Å². The zero-order valence-electron chi connectivity index (χ0n) is 19.9. The van der Waals surface area contributed by atoms with E-state index in [-0.39, 0.29) is 41.3 Å². The number of rotatable bonds is 5. The number of carbonyl (C=O) groups excluding carboxylic acids is 2. The minimum Gasteiger partial charge on any atom is -0.387 e. The lowest BCUT2D eigenvalue weighted by Crippen LogP contribution is -2.41. The number of pyridine rings is 1. The molecule has 1 aliphatic rings. The average molecular weight is 495 g/mol. The molecule has 2 amide bonds. The lowest BCUT2D eigenvalue weighted by molar-refractivity contribution is -0.137. The highest BCUT2D eigenvalue weighted by atomic mass is 16.6. The SMILES string of the molecule is CNC(=O)[C@H]1O[C@@H](n2cnc3c(N)nc(C#CCN(C(=O)c4cccnc4)C(C)C)nc32)C(O)[C@@H]1O. The van der Waals surface area contributed by atoms with E-state index in [4.69, 9.17) is 10.5 Å². The fourth-order valence-electron chi connectivity index (χ4n) is 3.78. The van der Waals surface area contributed by atoms with E-state index in [2.05, 4.69) is 37.1 Å². The fourth-order valence-corrected chi connectivity index (χ4v) is 3.78. The van der Waals surface area contributed by atoms with E-state index < -0.39 is 30.4 Å². The molecule has 13 nitrogen and oxygen atoms in total. The Labute approximate surface area is 206 Å². The second kappa shape index (κ2) is 10.2. The first-order chi connectivity index (χ1) is 17.2. The monoisotopic (exact) mass is 494 g/mol. The first-order valence-electron chi connectivity index (χ1n) is 11.2. The topological polar surface area (TPSA) is 182 Å². The van der Waals surface area contributed by atoms with Gasteiger partial charge in [-0.3, -0.25) is 19.1 Å². The summed E-state index contributed by atoms with van der Waals surface area (Å²) in [7, 11) is 1.40. The first-order valence-corrected chi connectivity index (χ1v) is 11.2. The lowest BCUT2D eigenvalue weighted by atomic mass is 10.1. The number of hydrogen-bond donors (Lipinski definition) is 4. The first kappa shape index (κ1) is 25.0. The van der Waals surface area contributed by atoms with Gasteiger partial charge in [0.2, 0.25) is 5.82 Å². The van der Waals surface area contributed by atoms with Gasteiger partial charge in [-0.25, -0.2) is 15.0 Å². The number of fused-ring (bicyclic) bond motifs is 1. The van der Waals surface area contributed by atoms with Crippen molar-refractivity contribution in [2.24, 2.45) is 0 Å². The van der Waals surface area contributed by atoms with E-state index in [1.165, 1.54) is 24.1 Å². The summed E-state index contributed by atoms with van der Waals surface area (Å²) >= 11 is 0. The zero-order chi connectivity index (χ0) is 26.0. The van der Waals surface area contributed by atoms with Gasteiger partial charge in [0, 0.05) is 25.5 Å². The number of aromatic nitrogens is 5. The molecule has 0 radical (unpaired) electrons. The van der Waals surface area contributed by atoms with Crippen molar-refractivity contribution in [2.75, 3.05) is 19.3 Å². The van der Waals surface area contributed by atoms with Crippen LogP contribution in [-0.2, 0) is 9.53 Å². The Morgan fingerprint density at radius 1 is 1.31 bits per heavy atom. The molecule has 0 aliphatic carbocycles. The molecular formula is C23H26N8O5. The van der Waals surface area contributed by atoms with E-state index in [1.54, 1.807) is 23.2 Å². The molecule has 0 spiro atoms. The third-order valence-electron chi connectivity index (χ3n) is 5.71. The van der Waals surface area contributed by atoms with Crippen LogP contribution in [0.2, 0.25) is 0 Å². The number of carbonyl (C=O) groups is 2. The van der Waals surface area contributed by atoms with Crippen LogP contribution in [-0.4, -0.2) is 89.4 Å². The number of nitrogens with zero attached hydrogens (tertiary/aromatic N) is 6. The molecule has 188 valence electrons. The molecule has 1 aliphatic heterocycles. The van der Waals surface area contributed by atoms with Crippen LogP contribution < -0.4 is 11.1 Å². The Bertz CT molecular complexity index is 1330. The minimum atomic E-state index is -1.45. The van der Waals surface area contributed by atoms with E-state index in [0.717, 1.165) is 0 Å². The van der Waals surface area contributed by atoms with Crippen LogP contribution in [0.1, 0.15) is 36.3 Å². The largest absolute Gasteiger partial charge is 0.387 e. The van der Waals surface area contributed by atoms with Crippen LogP contribution in [0.5, 0.6) is 0 Å². The third-order valence-corrected chi connectivity index (χ3v) is 5.71. The molecule has 13 heteroatoms. The highest BCUT2D eigenvalue weighted by Gasteiger charge is 2.47. The minimum absolute atomic E-state index is 0.0473. The predicted octanol–water partition coefficient (Wildman–Crippen LogP) is -0.929. The molecular weight excluding hydrogens is 468 g/mol. The van der Waals surface area contributed by atoms with Gasteiger partial charge in [0.1, 0.15) is 17.7 Å². The van der Waals surface area contributed by atoms with Crippen molar-refractivity contribution in [2.45, 2.75) is 44.4 Å². The van der Waals surface area contributed by atoms with E-state index in [9.17, 15) is 19.8 Å². The second-order valence-electron chi connectivity index (χ2n) is 8.37. The van der Waals surface area contributed by atoms with Gasteiger partial charge in [-0.05, 0) is 31.9 Å². The number of likely N-dealkylation sites (N-methyl/N-ethyl adjacent to an activating group) is 1. The molecule has 1 fully saturated rings. The maximum atomic E-state index is 12.8. The number of imidazole rings is 1. The van der Waals surface area contributed by atoms with Gasteiger partial charge >= 0.3 is 0 Å².